The van der Waals surface area contributed by atoms with E-state index in [1.54, 1.807) is 20.8 Å². The van der Waals surface area contributed by atoms with Crippen LogP contribution in [-0.4, -0.2) is 52.1 Å². The highest BCUT2D eigenvalue weighted by molar-refractivity contribution is 6.05. The second-order valence-electron chi connectivity index (χ2n) is 8.21. The Hall–Kier alpha value is -2.35. The Balaban J connectivity index is 1.74. The van der Waals surface area contributed by atoms with Crippen molar-refractivity contribution in [3.63, 3.8) is 0 Å². The number of halogens is 2. The summed E-state index contributed by atoms with van der Waals surface area (Å²) in [5.74, 6) is -6.11. The minimum Gasteiger partial charge on any atom is -0.322 e. The lowest BCUT2D eigenvalue weighted by atomic mass is 9.85. The van der Waals surface area contributed by atoms with Crippen molar-refractivity contribution in [3.05, 3.63) is 34.4 Å². The topological polar surface area (TPSA) is 69.7 Å². The van der Waals surface area contributed by atoms with Gasteiger partial charge in [-0.3, -0.25) is 24.6 Å². The molecule has 8 heteroatoms. The molecule has 1 aromatic carbocycles. The zero-order valence-electron chi connectivity index (χ0n) is 19.7. The van der Waals surface area contributed by atoms with Crippen LogP contribution in [0.4, 0.5) is 8.78 Å². The van der Waals surface area contributed by atoms with E-state index in [0.717, 1.165) is 15.9 Å². The molecule has 0 saturated carbocycles. The molecule has 0 radical (unpaired) electrons. The maximum Gasteiger partial charge on any atom is 0.255 e. The van der Waals surface area contributed by atoms with Gasteiger partial charge in [-0.1, -0.05) is 0 Å². The summed E-state index contributed by atoms with van der Waals surface area (Å²) in [6.07, 6.45) is 0.0549. The molecule has 150 valence electrons. The highest BCUT2D eigenvalue weighted by atomic mass is 19.1. The van der Waals surface area contributed by atoms with Crippen molar-refractivity contribution in [2.75, 3.05) is 13.0 Å². The summed E-state index contributed by atoms with van der Waals surface area (Å²) in [5, 5.41) is 2.12. The Morgan fingerprint density at radius 1 is 1.21 bits per heavy atom. The summed E-state index contributed by atoms with van der Waals surface area (Å²) in [7, 11) is 0. The number of carbonyl (C=O) groups is 3. The van der Waals surface area contributed by atoms with Gasteiger partial charge in [0.05, 0.1) is 12.1 Å². The zero-order valence-corrected chi connectivity index (χ0v) is 15.7. The van der Waals surface area contributed by atoms with Crippen molar-refractivity contribution in [2.24, 2.45) is 0 Å². The van der Waals surface area contributed by atoms with E-state index in [-0.39, 0.29) is 30.5 Å². The largest absolute Gasteiger partial charge is 0.322 e. The molecule has 3 aliphatic rings. The molecule has 1 N–H and O–H groups in total. The fourth-order valence-electron chi connectivity index (χ4n) is 3.69. The molecule has 1 atom stereocenters. The number of hydrogen-bond donors (Lipinski definition) is 1. The van der Waals surface area contributed by atoms with Crippen LogP contribution in [0.5, 0.6) is 0 Å². The van der Waals surface area contributed by atoms with Gasteiger partial charge in [-0.2, -0.15) is 0 Å². The second kappa shape index (κ2) is 6.34. The molecule has 28 heavy (non-hydrogen) atoms. The van der Waals surface area contributed by atoms with Crippen molar-refractivity contribution in [2.45, 2.75) is 57.7 Å². The molecule has 1 aromatic rings. The molecular weight excluding hydrogens is 368 g/mol. The number of nitrogens with zero attached hydrogens (tertiary/aromatic N) is 2. The van der Waals surface area contributed by atoms with Crippen molar-refractivity contribution in [1.29, 1.82) is 0 Å². The first-order chi connectivity index (χ1) is 14.6. The summed E-state index contributed by atoms with van der Waals surface area (Å²) in [4.78, 5) is 38.4. The standard InChI is InChI=1S/C20H23F2N3O3/c1-20(2,3)24-7-10(8-24)16-13(21)6-11-12(17(16)22)9-25(19(11)28)14-4-5-15(26)23-18(14)27/h6,10,14H,4-5,7-9H2,1-3H3,(H,23,26,27)/i7D2,8D2. The van der Waals surface area contributed by atoms with Gasteiger partial charge in [0.1, 0.15) is 17.7 Å². The molecular formula is C20H23F2N3O3. The molecule has 0 aliphatic carbocycles. The van der Waals surface area contributed by atoms with Crippen molar-refractivity contribution in [1.82, 2.24) is 15.1 Å². The molecule has 2 saturated heterocycles. The number of fused-ring (bicyclic) bond motifs is 1. The third-order valence-electron chi connectivity index (χ3n) is 5.24. The van der Waals surface area contributed by atoms with Gasteiger partial charge in [-0.25, -0.2) is 8.78 Å². The predicted octanol–water partition coefficient (Wildman–Crippen LogP) is 1.92. The van der Waals surface area contributed by atoms with Crippen LogP contribution < -0.4 is 5.32 Å². The summed E-state index contributed by atoms with van der Waals surface area (Å²) in [5.41, 5.74) is -2.21. The van der Waals surface area contributed by atoms with Crippen LogP contribution >= 0.6 is 0 Å². The van der Waals surface area contributed by atoms with Gasteiger partial charge in [0, 0.05) is 47.5 Å². The molecule has 0 bridgehead atoms. The smallest absolute Gasteiger partial charge is 0.255 e. The van der Waals surface area contributed by atoms with Gasteiger partial charge in [0.15, 0.2) is 0 Å². The van der Waals surface area contributed by atoms with Crippen LogP contribution in [0, 0.1) is 11.6 Å². The SMILES string of the molecule is [2H]C1([2H])C(c2c(F)cc3c(c2F)CN(C2CCC(=O)NC2=O)C3=O)C([2H])([2H])N1C(C)(C)C. The first kappa shape index (κ1) is 14.6. The quantitative estimate of drug-likeness (QED) is 0.777. The van der Waals surface area contributed by atoms with Gasteiger partial charge in [0.25, 0.3) is 5.91 Å². The van der Waals surface area contributed by atoms with Crippen LogP contribution in [0.2, 0.25) is 0 Å². The van der Waals surface area contributed by atoms with Crippen LogP contribution in [0.25, 0.3) is 0 Å². The normalized spacial score (nSPS) is 29.4. The van der Waals surface area contributed by atoms with Crippen molar-refractivity contribution < 1.29 is 28.6 Å². The number of carbonyl (C=O) groups excluding carboxylic acids is 3. The van der Waals surface area contributed by atoms with E-state index < -0.39 is 65.4 Å². The average molecular weight is 395 g/mol. The third kappa shape index (κ3) is 2.90. The molecule has 2 fully saturated rings. The van der Waals surface area contributed by atoms with E-state index in [1.165, 1.54) is 0 Å². The number of hydrogen-bond acceptors (Lipinski definition) is 4. The number of amides is 3. The summed E-state index contributed by atoms with van der Waals surface area (Å²) in [6, 6.07) is -0.232. The van der Waals surface area contributed by atoms with E-state index >= 15 is 8.78 Å². The number of piperidine rings is 1. The van der Waals surface area contributed by atoms with Gasteiger partial charge in [-0.15, -0.1) is 0 Å². The van der Waals surface area contributed by atoms with E-state index in [4.69, 9.17) is 5.48 Å². The average Bonchev–Trinajstić information content (AvgIpc) is 2.93. The number of rotatable bonds is 2. The third-order valence-corrected chi connectivity index (χ3v) is 5.24. The van der Waals surface area contributed by atoms with E-state index in [2.05, 4.69) is 5.32 Å². The molecule has 3 aliphatic heterocycles. The maximum atomic E-state index is 15.6. The Morgan fingerprint density at radius 2 is 1.89 bits per heavy atom. The molecule has 3 amide bonds. The van der Waals surface area contributed by atoms with Gasteiger partial charge in [0.2, 0.25) is 11.8 Å². The number of likely N-dealkylation sites (tertiary alicyclic amines) is 1. The molecule has 3 heterocycles. The van der Waals surface area contributed by atoms with Crippen LogP contribution in [0.15, 0.2) is 6.07 Å². The number of benzene rings is 1. The number of nitrogens with one attached hydrogen (secondary N) is 1. The van der Waals surface area contributed by atoms with Crippen molar-refractivity contribution >= 4 is 17.7 Å². The first-order valence-electron chi connectivity index (χ1n) is 11.1. The van der Waals surface area contributed by atoms with E-state index in [1.807, 2.05) is 0 Å². The number of imide groups is 1. The second-order valence-corrected chi connectivity index (χ2v) is 8.21. The summed E-state index contributed by atoms with van der Waals surface area (Å²) >= 11 is 0. The minimum absolute atomic E-state index is 0.00372. The molecule has 4 rings (SSSR count). The van der Waals surface area contributed by atoms with E-state index in [9.17, 15) is 14.4 Å². The fraction of sp³-hybridized carbons (Fsp3) is 0.550. The highest BCUT2D eigenvalue weighted by Gasteiger charge is 2.43. The molecule has 0 aromatic heterocycles. The maximum absolute atomic E-state index is 15.6. The summed E-state index contributed by atoms with van der Waals surface area (Å²) < 4.78 is 64.1. The summed E-state index contributed by atoms with van der Waals surface area (Å²) in [6.45, 7) is -0.325. The Kier molecular flexibility index (Phi) is 3.31. The Bertz CT molecular complexity index is 1040. The lowest BCUT2D eigenvalue weighted by Crippen LogP contribution is -2.55. The predicted molar refractivity (Wildman–Crippen MR) is 96.5 cm³/mol. The lowest BCUT2D eigenvalue weighted by Gasteiger charge is -2.48. The van der Waals surface area contributed by atoms with Crippen LogP contribution in [-0.2, 0) is 16.1 Å². The van der Waals surface area contributed by atoms with Crippen molar-refractivity contribution in [3.8, 4) is 0 Å². The Labute approximate surface area is 167 Å². The Morgan fingerprint density at radius 3 is 2.50 bits per heavy atom. The molecule has 1 unspecified atom stereocenters. The fourth-order valence-corrected chi connectivity index (χ4v) is 3.69. The van der Waals surface area contributed by atoms with Gasteiger partial charge < -0.3 is 4.90 Å². The van der Waals surface area contributed by atoms with Crippen LogP contribution in [0.3, 0.4) is 0 Å². The zero-order chi connectivity index (χ0) is 24.0. The highest BCUT2D eigenvalue weighted by Crippen LogP contribution is 2.39. The van der Waals surface area contributed by atoms with Gasteiger partial charge in [-0.05, 0) is 33.3 Å². The first-order valence-corrected chi connectivity index (χ1v) is 9.06. The molecule has 0 spiro atoms. The molecule has 6 nitrogen and oxygen atoms in total. The monoisotopic (exact) mass is 395 g/mol. The lowest BCUT2D eigenvalue weighted by molar-refractivity contribution is -0.136. The van der Waals surface area contributed by atoms with Crippen LogP contribution in [0.1, 0.15) is 66.5 Å². The van der Waals surface area contributed by atoms with E-state index in [0.29, 0.717) is 0 Å². The minimum atomic E-state index is -2.39. The van der Waals surface area contributed by atoms with Gasteiger partial charge >= 0.3 is 0 Å².